The molecule has 0 atom stereocenters. The topological polar surface area (TPSA) is 56.5 Å². The number of esters is 1. The molecule has 0 radical (unpaired) electrons. The molecule has 0 spiro atoms. The van der Waals surface area contributed by atoms with Gasteiger partial charge in [0.15, 0.2) is 5.78 Å². The standard InChI is InChI=1S/C13H16O4/c1-2-16-13(15)9-8-11(14)5-3-6-12-7-4-10-17-12/h3-5,7,10H,2,6,8-9H2,1H3/b5-3+. The maximum absolute atomic E-state index is 11.4. The van der Waals surface area contributed by atoms with E-state index in [2.05, 4.69) is 0 Å². The van der Waals surface area contributed by atoms with E-state index in [1.165, 1.54) is 6.08 Å². The Labute approximate surface area is 100 Å². The number of rotatable bonds is 7. The number of hydrogen-bond donors (Lipinski definition) is 0. The molecule has 1 aromatic heterocycles. The van der Waals surface area contributed by atoms with Crippen molar-refractivity contribution in [2.24, 2.45) is 0 Å². The predicted octanol–water partition coefficient (Wildman–Crippen LogP) is 2.29. The number of ketones is 1. The molecule has 0 saturated heterocycles. The first-order chi connectivity index (χ1) is 8.22. The molecule has 0 aliphatic rings. The Hall–Kier alpha value is -1.84. The molecule has 92 valence electrons. The fourth-order valence-corrected chi connectivity index (χ4v) is 1.28. The van der Waals surface area contributed by atoms with Crippen LogP contribution in [0.1, 0.15) is 25.5 Å². The third kappa shape index (κ3) is 5.70. The van der Waals surface area contributed by atoms with Crippen LogP contribution < -0.4 is 0 Å². The van der Waals surface area contributed by atoms with Crippen LogP contribution in [0, 0.1) is 0 Å². The normalized spacial score (nSPS) is 10.6. The molecule has 0 fully saturated rings. The lowest BCUT2D eigenvalue weighted by Gasteiger charge is -1.98. The number of furan rings is 1. The maximum Gasteiger partial charge on any atom is 0.306 e. The molecule has 0 N–H and O–H groups in total. The van der Waals surface area contributed by atoms with E-state index in [1.807, 2.05) is 6.07 Å². The first kappa shape index (κ1) is 13.2. The van der Waals surface area contributed by atoms with Crippen molar-refractivity contribution in [2.75, 3.05) is 6.61 Å². The third-order valence-electron chi connectivity index (χ3n) is 2.08. The van der Waals surface area contributed by atoms with Crippen LogP contribution >= 0.6 is 0 Å². The Morgan fingerprint density at radius 1 is 1.41 bits per heavy atom. The van der Waals surface area contributed by atoms with Gasteiger partial charge in [-0.15, -0.1) is 0 Å². The molecule has 1 heterocycles. The van der Waals surface area contributed by atoms with Gasteiger partial charge in [-0.1, -0.05) is 6.08 Å². The zero-order valence-electron chi connectivity index (χ0n) is 9.85. The first-order valence-electron chi connectivity index (χ1n) is 5.59. The molecule has 17 heavy (non-hydrogen) atoms. The zero-order chi connectivity index (χ0) is 12.5. The summed E-state index contributed by atoms with van der Waals surface area (Å²) in [5, 5.41) is 0. The fraction of sp³-hybridized carbons (Fsp3) is 0.385. The smallest absolute Gasteiger partial charge is 0.306 e. The second kappa shape index (κ2) is 7.44. The van der Waals surface area contributed by atoms with Gasteiger partial charge in [0.05, 0.1) is 19.3 Å². The fourth-order valence-electron chi connectivity index (χ4n) is 1.28. The van der Waals surface area contributed by atoms with Crippen molar-refractivity contribution in [2.45, 2.75) is 26.2 Å². The summed E-state index contributed by atoms with van der Waals surface area (Å²) in [4.78, 5) is 22.3. The molecule has 0 unspecified atom stereocenters. The van der Waals surface area contributed by atoms with E-state index in [4.69, 9.17) is 9.15 Å². The van der Waals surface area contributed by atoms with E-state index in [9.17, 15) is 9.59 Å². The van der Waals surface area contributed by atoms with E-state index in [0.29, 0.717) is 13.0 Å². The van der Waals surface area contributed by atoms with Gasteiger partial charge in [0.25, 0.3) is 0 Å². The van der Waals surface area contributed by atoms with Crippen LogP contribution in [0.4, 0.5) is 0 Å². The molecule has 4 heteroatoms. The van der Waals surface area contributed by atoms with E-state index >= 15 is 0 Å². The van der Waals surface area contributed by atoms with Crippen molar-refractivity contribution in [1.29, 1.82) is 0 Å². The molecular weight excluding hydrogens is 220 g/mol. The Morgan fingerprint density at radius 2 is 2.24 bits per heavy atom. The van der Waals surface area contributed by atoms with Crippen molar-refractivity contribution in [3.63, 3.8) is 0 Å². The molecule has 1 rings (SSSR count). The Kier molecular flexibility index (Phi) is 5.79. The molecule has 0 saturated carbocycles. The number of allylic oxidation sites excluding steroid dienone is 2. The summed E-state index contributed by atoms with van der Waals surface area (Å²) in [6, 6.07) is 3.64. The third-order valence-corrected chi connectivity index (χ3v) is 2.08. The number of carbonyl (C=O) groups is 2. The van der Waals surface area contributed by atoms with Crippen LogP contribution in [-0.4, -0.2) is 18.4 Å². The van der Waals surface area contributed by atoms with Crippen LogP contribution in [0.15, 0.2) is 35.0 Å². The highest BCUT2D eigenvalue weighted by Crippen LogP contribution is 2.02. The van der Waals surface area contributed by atoms with Crippen molar-refractivity contribution in [3.05, 3.63) is 36.3 Å². The van der Waals surface area contributed by atoms with Gasteiger partial charge in [-0.3, -0.25) is 9.59 Å². The predicted molar refractivity (Wildman–Crippen MR) is 62.4 cm³/mol. The van der Waals surface area contributed by atoms with Gasteiger partial charge in [-0.05, 0) is 25.1 Å². The number of ether oxygens (including phenoxy) is 1. The minimum absolute atomic E-state index is 0.0791. The monoisotopic (exact) mass is 236 g/mol. The number of hydrogen-bond acceptors (Lipinski definition) is 4. The van der Waals surface area contributed by atoms with E-state index in [1.54, 1.807) is 25.3 Å². The summed E-state index contributed by atoms with van der Waals surface area (Å²) in [6.07, 6.45) is 5.70. The van der Waals surface area contributed by atoms with Gasteiger partial charge < -0.3 is 9.15 Å². The van der Waals surface area contributed by atoms with Gasteiger partial charge in [0, 0.05) is 12.8 Å². The summed E-state index contributed by atoms with van der Waals surface area (Å²) < 4.78 is 9.83. The number of carbonyl (C=O) groups excluding carboxylic acids is 2. The van der Waals surface area contributed by atoms with Crippen LogP contribution in [0.2, 0.25) is 0 Å². The summed E-state index contributed by atoms with van der Waals surface area (Å²) in [5.74, 6) is 0.393. The lowest BCUT2D eigenvalue weighted by atomic mass is 10.2. The highest BCUT2D eigenvalue weighted by atomic mass is 16.5. The van der Waals surface area contributed by atoms with Crippen molar-refractivity contribution in [1.82, 2.24) is 0 Å². The Bertz CT molecular complexity index is 376. The second-order valence-corrected chi connectivity index (χ2v) is 3.46. The quantitative estimate of drug-likeness (QED) is 0.538. The van der Waals surface area contributed by atoms with Gasteiger partial charge in [0.2, 0.25) is 0 Å². The molecule has 1 aromatic rings. The van der Waals surface area contributed by atoms with Crippen LogP contribution in [0.3, 0.4) is 0 Å². The summed E-state index contributed by atoms with van der Waals surface area (Å²) >= 11 is 0. The zero-order valence-corrected chi connectivity index (χ0v) is 9.85. The molecular formula is C13H16O4. The molecule has 0 aliphatic carbocycles. The lowest BCUT2D eigenvalue weighted by molar-refractivity contribution is -0.144. The molecule has 0 bridgehead atoms. The van der Waals surface area contributed by atoms with E-state index < -0.39 is 0 Å². The van der Waals surface area contributed by atoms with E-state index in [0.717, 1.165) is 5.76 Å². The minimum atomic E-state index is -0.333. The van der Waals surface area contributed by atoms with Crippen molar-refractivity contribution in [3.8, 4) is 0 Å². The van der Waals surface area contributed by atoms with Crippen molar-refractivity contribution >= 4 is 11.8 Å². The average molecular weight is 236 g/mol. The molecule has 4 nitrogen and oxygen atoms in total. The minimum Gasteiger partial charge on any atom is -0.469 e. The van der Waals surface area contributed by atoms with E-state index in [-0.39, 0.29) is 24.6 Å². The Morgan fingerprint density at radius 3 is 2.88 bits per heavy atom. The van der Waals surface area contributed by atoms with Crippen LogP contribution in [0.5, 0.6) is 0 Å². The van der Waals surface area contributed by atoms with Crippen LogP contribution in [0.25, 0.3) is 0 Å². The molecule has 0 aliphatic heterocycles. The SMILES string of the molecule is CCOC(=O)CCC(=O)/C=C/Cc1ccco1. The van der Waals surface area contributed by atoms with Crippen molar-refractivity contribution < 1.29 is 18.7 Å². The largest absolute Gasteiger partial charge is 0.469 e. The van der Waals surface area contributed by atoms with Gasteiger partial charge in [-0.2, -0.15) is 0 Å². The highest BCUT2D eigenvalue weighted by molar-refractivity contribution is 5.91. The van der Waals surface area contributed by atoms with Gasteiger partial charge >= 0.3 is 5.97 Å². The average Bonchev–Trinajstić information content (AvgIpc) is 2.80. The van der Waals surface area contributed by atoms with Gasteiger partial charge in [-0.25, -0.2) is 0 Å². The maximum atomic E-state index is 11.4. The Balaban J connectivity index is 2.20. The second-order valence-electron chi connectivity index (χ2n) is 3.46. The summed E-state index contributed by atoms with van der Waals surface area (Å²) in [5.41, 5.74) is 0. The molecule has 0 aromatic carbocycles. The highest BCUT2D eigenvalue weighted by Gasteiger charge is 2.04. The van der Waals surface area contributed by atoms with Gasteiger partial charge in [0.1, 0.15) is 5.76 Å². The molecule has 0 amide bonds. The summed E-state index contributed by atoms with van der Waals surface area (Å²) in [7, 11) is 0. The first-order valence-corrected chi connectivity index (χ1v) is 5.59. The summed E-state index contributed by atoms with van der Waals surface area (Å²) in [6.45, 7) is 2.09. The van der Waals surface area contributed by atoms with Crippen LogP contribution in [-0.2, 0) is 20.7 Å². The lowest BCUT2D eigenvalue weighted by Crippen LogP contribution is -2.06.